The summed E-state index contributed by atoms with van der Waals surface area (Å²) in [4.78, 5) is 30.0. The van der Waals surface area contributed by atoms with Crippen LogP contribution in [0.1, 0.15) is 41.5 Å². The van der Waals surface area contributed by atoms with E-state index in [4.69, 9.17) is 9.47 Å². The van der Waals surface area contributed by atoms with Crippen LogP contribution in [-0.2, 0) is 45.5 Å². The lowest BCUT2D eigenvalue weighted by atomic mass is 10.0. The van der Waals surface area contributed by atoms with Crippen molar-refractivity contribution in [2.45, 2.75) is 56.1 Å². The van der Waals surface area contributed by atoms with Gasteiger partial charge in [0, 0.05) is 39.0 Å². The van der Waals surface area contributed by atoms with Gasteiger partial charge in [0.2, 0.25) is 28.6 Å². The van der Waals surface area contributed by atoms with E-state index in [0.29, 0.717) is 37.4 Å². The quantitative estimate of drug-likeness (QED) is 0.216. The van der Waals surface area contributed by atoms with Gasteiger partial charge in [-0.2, -0.15) is 4.31 Å². The molecule has 0 bridgehead atoms. The molecule has 4 aromatic carbocycles. The van der Waals surface area contributed by atoms with Gasteiger partial charge in [-0.15, -0.1) is 0 Å². The number of benzene rings is 4. The molecule has 244 valence electrons. The van der Waals surface area contributed by atoms with Crippen molar-refractivity contribution in [3.8, 4) is 11.5 Å². The van der Waals surface area contributed by atoms with Crippen LogP contribution in [0.5, 0.6) is 11.5 Å². The standard InChI is InChI=1S/C37H39N3O6S/c41-36(20-16-28-13-17-32(18-14-28)47(43,44)39-21-7-8-22-39)40(26-30-11-5-2-6-12-30)33(23-29-9-3-1-4-10-29)37(42)38-25-31-15-19-34-35(24-31)46-27-45-34/h1-6,9-15,17-19,24,33H,7-8,16,20-23,25-27H2,(H,38,42)/t33-/m0/s1. The number of carbonyl (C=O) groups is 2. The number of hydrogen-bond donors (Lipinski definition) is 1. The first-order valence-electron chi connectivity index (χ1n) is 16.0. The maximum absolute atomic E-state index is 14.1. The number of amides is 2. The van der Waals surface area contributed by atoms with Crippen molar-refractivity contribution in [2.24, 2.45) is 0 Å². The van der Waals surface area contributed by atoms with Crippen molar-refractivity contribution < 1.29 is 27.5 Å². The highest BCUT2D eigenvalue weighted by atomic mass is 32.2. The second-order valence-corrected chi connectivity index (χ2v) is 13.8. The van der Waals surface area contributed by atoms with Gasteiger partial charge in [0.15, 0.2) is 11.5 Å². The summed E-state index contributed by atoms with van der Waals surface area (Å²) in [5, 5.41) is 3.06. The Hall–Kier alpha value is -4.67. The summed E-state index contributed by atoms with van der Waals surface area (Å²) in [7, 11) is -3.51. The van der Waals surface area contributed by atoms with Gasteiger partial charge in [0.05, 0.1) is 4.90 Å². The topological polar surface area (TPSA) is 105 Å². The summed E-state index contributed by atoms with van der Waals surface area (Å²) in [6.45, 7) is 1.79. The monoisotopic (exact) mass is 653 g/mol. The lowest BCUT2D eigenvalue weighted by Crippen LogP contribution is -2.50. The summed E-state index contributed by atoms with van der Waals surface area (Å²) >= 11 is 0. The van der Waals surface area contributed by atoms with Crippen molar-refractivity contribution in [3.63, 3.8) is 0 Å². The number of ether oxygens (including phenoxy) is 2. The van der Waals surface area contributed by atoms with E-state index in [1.54, 1.807) is 29.2 Å². The Bertz CT molecular complexity index is 1780. The minimum atomic E-state index is -3.51. The zero-order valence-corrected chi connectivity index (χ0v) is 27.0. The second-order valence-electron chi connectivity index (χ2n) is 11.9. The van der Waals surface area contributed by atoms with Crippen LogP contribution in [0, 0.1) is 0 Å². The first-order valence-corrected chi connectivity index (χ1v) is 17.4. The summed E-state index contributed by atoms with van der Waals surface area (Å²) in [5.41, 5.74) is 3.57. The van der Waals surface area contributed by atoms with Crippen LogP contribution in [-0.4, -0.2) is 55.4 Å². The van der Waals surface area contributed by atoms with Gasteiger partial charge < -0.3 is 19.7 Å². The fourth-order valence-corrected chi connectivity index (χ4v) is 7.51. The first kappa shape index (κ1) is 32.3. The summed E-state index contributed by atoms with van der Waals surface area (Å²) in [5.74, 6) is 0.888. The summed E-state index contributed by atoms with van der Waals surface area (Å²) < 4.78 is 38.4. The molecule has 2 amide bonds. The molecule has 1 N–H and O–H groups in total. The lowest BCUT2D eigenvalue weighted by Gasteiger charge is -2.32. The first-order chi connectivity index (χ1) is 22.9. The van der Waals surface area contributed by atoms with Gasteiger partial charge in [-0.3, -0.25) is 9.59 Å². The van der Waals surface area contributed by atoms with Crippen molar-refractivity contribution in [1.29, 1.82) is 0 Å². The number of fused-ring (bicyclic) bond motifs is 1. The van der Waals surface area contributed by atoms with Gasteiger partial charge in [0.1, 0.15) is 6.04 Å². The molecule has 0 unspecified atom stereocenters. The predicted molar refractivity (Wildman–Crippen MR) is 178 cm³/mol. The molecule has 2 aliphatic heterocycles. The zero-order chi connectivity index (χ0) is 32.6. The van der Waals surface area contributed by atoms with Crippen molar-refractivity contribution in [1.82, 2.24) is 14.5 Å². The molecule has 10 heteroatoms. The fourth-order valence-electron chi connectivity index (χ4n) is 5.99. The lowest BCUT2D eigenvalue weighted by molar-refractivity contribution is -0.141. The number of aryl methyl sites for hydroxylation is 1. The fraction of sp³-hybridized carbons (Fsp3) is 0.297. The number of rotatable bonds is 13. The third-order valence-corrected chi connectivity index (χ3v) is 10.5. The van der Waals surface area contributed by atoms with E-state index < -0.39 is 16.1 Å². The SMILES string of the molecule is O=C(NCc1ccc2c(c1)OCO2)[C@H](Cc1ccccc1)N(Cc1ccccc1)C(=O)CCc1ccc(S(=O)(=O)N2CCCC2)cc1. The van der Waals surface area contributed by atoms with E-state index in [0.717, 1.165) is 35.1 Å². The molecule has 0 aliphatic carbocycles. The molecule has 1 fully saturated rings. The van der Waals surface area contributed by atoms with E-state index in [-0.39, 0.29) is 43.0 Å². The Balaban J connectivity index is 1.20. The van der Waals surface area contributed by atoms with Crippen LogP contribution in [0.3, 0.4) is 0 Å². The van der Waals surface area contributed by atoms with Gasteiger partial charge in [-0.05, 0) is 65.8 Å². The van der Waals surface area contributed by atoms with Gasteiger partial charge in [0.25, 0.3) is 0 Å². The highest BCUT2D eigenvalue weighted by Gasteiger charge is 2.31. The molecule has 2 aliphatic rings. The number of hydrogen-bond acceptors (Lipinski definition) is 6. The molecular weight excluding hydrogens is 614 g/mol. The van der Waals surface area contributed by atoms with Crippen molar-refractivity contribution in [2.75, 3.05) is 19.9 Å². The van der Waals surface area contributed by atoms with Crippen LogP contribution in [0.4, 0.5) is 0 Å². The van der Waals surface area contributed by atoms with Crippen LogP contribution < -0.4 is 14.8 Å². The smallest absolute Gasteiger partial charge is 0.243 e. The third-order valence-electron chi connectivity index (χ3n) is 8.62. The molecule has 6 rings (SSSR count). The molecule has 0 aromatic heterocycles. The van der Waals surface area contributed by atoms with Crippen molar-refractivity contribution >= 4 is 21.8 Å². The molecule has 47 heavy (non-hydrogen) atoms. The highest BCUT2D eigenvalue weighted by Crippen LogP contribution is 2.32. The molecule has 2 heterocycles. The average Bonchev–Trinajstić information content (AvgIpc) is 3.82. The van der Waals surface area contributed by atoms with E-state index in [9.17, 15) is 18.0 Å². The maximum atomic E-state index is 14.1. The van der Waals surface area contributed by atoms with E-state index in [1.165, 1.54) is 4.31 Å². The third kappa shape index (κ3) is 8.01. The Morgan fingerprint density at radius 3 is 2.11 bits per heavy atom. The van der Waals surface area contributed by atoms with E-state index in [2.05, 4.69) is 5.32 Å². The molecule has 4 aromatic rings. The van der Waals surface area contributed by atoms with E-state index in [1.807, 2.05) is 78.9 Å². The van der Waals surface area contributed by atoms with Crippen LogP contribution in [0.15, 0.2) is 108 Å². The molecule has 0 radical (unpaired) electrons. The van der Waals surface area contributed by atoms with Crippen LogP contribution in [0.25, 0.3) is 0 Å². The Morgan fingerprint density at radius 1 is 0.766 bits per heavy atom. The Morgan fingerprint density at radius 2 is 1.40 bits per heavy atom. The summed E-state index contributed by atoms with van der Waals surface area (Å²) in [6, 6.07) is 30.9. The van der Waals surface area contributed by atoms with Crippen LogP contribution >= 0.6 is 0 Å². The zero-order valence-electron chi connectivity index (χ0n) is 26.2. The molecule has 0 saturated carbocycles. The number of nitrogens with one attached hydrogen (secondary N) is 1. The minimum Gasteiger partial charge on any atom is -0.454 e. The Kier molecular flexibility index (Phi) is 10.2. The summed E-state index contributed by atoms with van der Waals surface area (Å²) in [6.07, 6.45) is 2.66. The minimum absolute atomic E-state index is 0.159. The van der Waals surface area contributed by atoms with Gasteiger partial charge in [-0.25, -0.2) is 8.42 Å². The molecular formula is C37H39N3O6S. The van der Waals surface area contributed by atoms with Crippen LogP contribution in [0.2, 0.25) is 0 Å². The molecule has 1 atom stereocenters. The molecule has 9 nitrogen and oxygen atoms in total. The van der Waals surface area contributed by atoms with Gasteiger partial charge >= 0.3 is 0 Å². The predicted octanol–water partition coefficient (Wildman–Crippen LogP) is 5.09. The highest BCUT2D eigenvalue weighted by molar-refractivity contribution is 7.89. The second kappa shape index (κ2) is 14.8. The average molecular weight is 654 g/mol. The van der Waals surface area contributed by atoms with E-state index >= 15 is 0 Å². The Labute approximate surface area is 276 Å². The molecule has 0 spiro atoms. The maximum Gasteiger partial charge on any atom is 0.243 e. The number of nitrogens with zero attached hydrogens (tertiary/aromatic N) is 2. The normalized spacial score (nSPS) is 14.9. The number of sulfonamides is 1. The van der Waals surface area contributed by atoms with Crippen molar-refractivity contribution in [3.05, 3.63) is 125 Å². The molecule has 1 saturated heterocycles. The van der Waals surface area contributed by atoms with Gasteiger partial charge in [-0.1, -0.05) is 78.9 Å². The largest absolute Gasteiger partial charge is 0.454 e. The number of carbonyl (C=O) groups excluding carboxylic acids is 2.